The van der Waals surface area contributed by atoms with Crippen molar-refractivity contribution in [2.45, 2.75) is 17.5 Å². The van der Waals surface area contributed by atoms with Crippen molar-refractivity contribution in [1.82, 2.24) is 0 Å². The van der Waals surface area contributed by atoms with Crippen LogP contribution in [0.25, 0.3) is 0 Å². The number of rotatable bonds is 0. The van der Waals surface area contributed by atoms with Crippen molar-refractivity contribution in [1.29, 1.82) is 0 Å². The van der Waals surface area contributed by atoms with E-state index in [0.717, 1.165) is 23.9 Å². The van der Waals surface area contributed by atoms with Crippen LogP contribution in [0.15, 0.2) is 23.1 Å². The van der Waals surface area contributed by atoms with Crippen molar-refractivity contribution >= 4 is 16.9 Å². The first-order valence-corrected chi connectivity index (χ1v) is 4.69. The minimum Gasteiger partial charge on any atom is -0.286 e. The number of hydrogen-bond acceptors (Lipinski definition) is 2. The Kier molecular flexibility index (Phi) is 2.06. The SMILES string of the molecule is O=C1Cc2cc(C(F)(F)F)ccc2S1. The Hall–Kier alpha value is -0.970. The summed E-state index contributed by atoms with van der Waals surface area (Å²) in [6.45, 7) is 0. The zero-order valence-electron chi connectivity index (χ0n) is 6.89. The van der Waals surface area contributed by atoms with Gasteiger partial charge in [0.05, 0.1) is 5.56 Å². The smallest absolute Gasteiger partial charge is 0.286 e. The fourth-order valence-corrected chi connectivity index (χ4v) is 2.18. The molecule has 0 unspecified atom stereocenters. The molecular formula is C9H5F3OS. The van der Waals surface area contributed by atoms with Gasteiger partial charge >= 0.3 is 6.18 Å². The summed E-state index contributed by atoms with van der Waals surface area (Å²) < 4.78 is 36.8. The summed E-state index contributed by atoms with van der Waals surface area (Å²) in [6.07, 6.45) is -4.23. The predicted molar refractivity (Wildman–Crippen MR) is 46.0 cm³/mol. The van der Waals surface area contributed by atoms with Crippen LogP contribution in [-0.2, 0) is 17.4 Å². The molecule has 14 heavy (non-hydrogen) atoms. The Morgan fingerprint density at radius 3 is 2.64 bits per heavy atom. The van der Waals surface area contributed by atoms with Gasteiger partial charge in [-0.2, -0.15) is 13.2 Å². The highest BCUT2D eigenvalue weighted by Crippen LogP contribution is 2.37. The molecule has 0 aromatic heterocycles. The van der Waals surface area contributed by atoms with Crippen molar-refractivity contribution in [3.8, 4) is 0 Å². The standard InChI is InChI=1S/C9H5F3OS/c10-9(11,12)6-1-2-7-5(3-6)4-8(13)14-7/h1-3H,4H2. The predicted octanol–water partition coefficient (Wildman–Crippen LogP) is 2.88. The third kappa shape index (κ3) is 1.64. The summed E-state index contributed by atoms with van der Waals surface area (Å²) in [4.78, 5) is 11.6. The summed E-state index contributed by atoms with van der Waals surface area (Å²) in [5.41, 5.74) is -0.207. The van der Waals surface area contributed by atoms with Gasteiger partial charge in [-0.3, -0.25) is 4.79 Å². The Labute approximate surface area is 82.3 Å². The van der Waals surface area contributed by atoms with Gasteiger partial charge < -0.3 is 0 Å². The van der Waals surface area contributed by atoms with Crippen LogP contribution in [0.1, 0.15) is 11.1 Å². The van der Waals surface area contributed by atoms with Gasteiger partial charge in [0.2, 0.25) is 0 Å². The molecule has 2 rings (SSSR count). The van der Waals surface area contributed by atoms with Gasteiger partial charge in [0.15, 0.2) is 5.12 Å². The summed E-state index contributed by atoms with van der Waals surface area (Å²) in [5.74, 6) is 0. The molecule has 1 aliphatic heterocycles. The molecule has 0 N–H and O–H groups in total. The van der Waals surface area contributed by atoms with E-state index < -0.39 is 11.7 Å². The first-order chi connectivity index (χ1) is 6.47. The molecule has 0 saturated carbocycles. The molecule has 1 nitrogen and oxygen atoms in total. The lowest BCUT2D eigenvalue weighted by Crippen LogP contribution is -2.05. The number of carbonyl (C=O) groups excluding carboxylic acids is 1. The van der Waals surface area contributed by atoms with Crippen molar-refractivity contribution in [3.63, 3.8) is 0 Å². The highest BCUT2D eigenvalue weighted by molar-refractivity contribution is 8.14. The first kappa shape index (κ1) is 9.58. The minimum atomic E-state index is -4.33. The highest BCUT2D eigenvalue weighted by Gasteiger charge is 2.32. The number of hydrogen-bond donors (Lipinski definition) is 0. The molecule has 0 radical (unpaired) electrons. The number of alkyl halides is 3. The van der Waals surface area contributed by atoms with Crippen LogP contribution in [0.4, 0.5) is 13.2 Å². The van der Waals surface area contributed by atoms with E-state index in [1.54, 1.807) is 0 Å². The fraction of sp³-hybridized carbons (Fsp3) is 0.222. The van der Waals surface area contributed by atoms with E-state index in [4.69, 9.17) is 0 Å². The number of carbonyl (C=O) groups is 1. The molecule has 1 heterocycles. The molecule has 0 bridgehead atoms. The van der Waals surface area contributed by atoms with Gasteiger partial charge in [0, 0.05) is 11.3 Å². The molecule has 0 saturated heterocycles. The van der Waals surface area contributed by atoms with Gasteiger partial charge in [0.25, 0.3) is 0 Å². The maximum absolute atomic E-state index is 12.3. The van der Waals surface area contributed by atoms with Crippen molar-refractivity contribution in [2.24, 2.45) is 0 Å². The van der Waals surface area contributed by atoms with Crippen LogP contribution < -0.4 is 0 Å². The maximum Gasteiger partial charge on any atom is 0.416 e. The Bertz CT molecular complexity index is 398. The van der Waals surface area contributed by atoms with E-state index >= 15 is 0 Å². The van der Waals surface area contributed by atoms with Gasteiger partial charge in [-0.1, -0.05) is 11.8 Å². The van der Waals surface area contributed by atoms with E-state index in [-0.39, 0.29) is 11.5 Å². The lowest BCUT2D eigenvalue weighted by atomic mass is 10.1. The Balaban J connectivity index is 2.43. The van der Waals surface area contributed by atoms with E-state index in [0.29, 0.717) is 10.5 Å². The van der Waals surface area contributed by atoms with E-state index in [1.807, 2.05) is 0 Å². The van der Waals surface area contributed by atoms with Crippen molar-refractivity contribution < 1.29 is 18.0 Å². The zero-order valence-corrected chi connectivity index (χ0v) is 7.71. The number of benzene rings is 1. The van der Waals surface area contributed by atoms with Gasteiger partial charge in [0.1, 0.15) is 0 Å². The molecular weight excluding hydrogens is 213 g/mol. The number of fused-ring (bicyclic) bond motifs is 1. The summed E-state index contributed by atoms with van der Waals surface area (Å²) in [7, 11) is 0. The number of halogens is 3. The lowest BCUT2D eigenvalue weighted by Gasteiger charge is -2.07. The average molecular weight is 218 g/mol. The van der Waals surface area contributed by atoms with Gasteiger partial charge in [-0.05, 0) is 23.8 Å². The minimum absolute atomic E-state index is 0.0978. The van der Waals surface area contributed by atoms with Crippen LogP contribution in [0.5, 0.6) is 0 Å². The Morgan fingerprint density at radius 1 is 1.29 bits per heavy atom. The second-order valence-corrected chi connectivity index (χ2v) is 4.07. The first-order valence-electron chi connectivity index (χ1n) is 3.87. The van der Waals surface area contributed by atoms with E-state index in [1.165, 1.54) is 6.07 Å². The third-order valence-electron chi connectivity index (χ3n) is 1.95. The Morgan fingerprint density at radius 2 is 2.00 bits per heavy atom. The molecule has 0 atom stereocenters. The number of thioether (sulfide) groups is 1. The molecule has 0 aliphatic carbocycles. The van der Waals surface area contributed by atoms with Crippen LogP contribution in [0.3, 0.4) is 0 Å². The molecule has 74 valence electrons. The van der Waals surface area contributed by atoms with Crippen LogP contribution in [0, 0.1) is 0 Å². The monoisotopic (exact) mass is 218 g/mol. The van der Waals surface area contributed by atoms with Gasteiger partial charge in [-0.15, -0.1) is 0 Å². The van der Waals surface area contributed by atoms with Crippen LogP contribution in [0.2, 0.25) is 0 Å². The highest BCUT2D eigenvalue weighted by atomic mass is 32.2. The molecule has 0 spiro atoms. The molecule has 0 amide bonds. The average Bonchev–Trinajstić information content (AvgIpc) is 2.41. The summed E-state index contributed by atoms with van der Waals surface area (Å²) in [5, 5.41) is -0.0978. The van der Waals surface area contributed by atoms with E-state index in [2.05, 4.69) is 0 Å². The second kappa shape index (κ2) is 3.02. The summed E-state index contributed by atoms with van der Waals surface area (Å²) >= 11 is 1.00. The molecule has 1 aromatic rings. The largest absolute Gasteiger partial charge is 0.416 e. The molecule has 1 aliphatic rings. The molecule has 5 heteroatoms. The fourth-order valence-electron chi connectivity index (χ4n) is 1.31. The van der Waals surface area contributed by atoms with Crippen molar-refractivity contribution in [3.05, 3.63) is 29.3 Å². The van der Waals surface area contributed by atoms with Crippen LogP contribution >= 0.6 is 11.8 Å². The normalized spacial score (nSPS) is 15.8. The molecule has 1 aromatic carbocycles. The second-order valence-electron chi connectivity index (χ2n) is 2.97. The van der Waals surface area contributed by atoms with Crippen LogP contribution in [-0.4, -0.2) is 5.12 Å². The summed E-state index contributed by atoms with van der Waals surface area (Å²) in [6, 6.07) is 3.41. The maximum atomic E-state index is 12.3. The van der Waals surface area contributed by atoms with Gasteiger partial charge in [-0.25, -0.2) is 0 Å². The lowest BCUT2D eigenvalue weighted by molar-refractivity contribution is -0.137. The zero-order chi connectivity index (χ0) is 10.3. The van der Waals surface area contributed by atoms with Crippen molar-refractivity contribution in [2.75, 3.05) is 0 Å². The molecule has 0 fully saturated rings. The third-order valence-corrected chi connectivity index (χ3v) is 2.94. The topological polar surface area (TPSA) is 17.1 Å². The van der Waals surface area contributed by atoms with E-state index in [9.17, 15) is 18.0 Å². The quantitative estimate of drug-likeness (QED) is 0.666.